The highest BCUT2D eigenvalue weighted by molar-refractivity contribution is 8.00. The van der Waals surface area contributed by atoms with Gasteiger partial charge in [-0.15, -0.1) is 0 Å². The molecule has 4 nitrogen and oxygen atoms in total. The fourth-order valence-electron chi connectivity index (χ4n) is 2.64. The van der Waals surface area contributed by atoms with E-state index in [0.29, 0.717) is 4.75 Å². The van der Waals surface area contributed by atoms with Crippen molar-refractivity contribution in [2.45, 2.75) is 37.0 Å². The van der Waals surface area contributed by atoms with Crippen molar-refractivity contribution in [2.75, 3.05) is 12.8 Å². The van der Waals surface area contributed by atoms with Gasteiger partial charge in [0.15, 0.2) is 0 Å². The summed E-state index contributed by atoms with van der Waals surface area (Å²) in [5.74, 6) is 0. The van der Waals surface area contributed by atoms with Crippen molar-refractivity contribution in [1.82, 2.24) is 5.32 Å². The molecule has 1 fully saturated rings. The second-order valence-electron chi connectivity index (χ2n) is 5.12. The third-order valence-electron chi connectivity index (χ3n) is 3.87. The van der Waals surface area contributed by atoms with Crippen LogP contribution >= 0.6 is 11.8 Å². The van der Waals surface area contributed by atoms with E-state index in [1.54, 1.807) is 12.1 Å². The molecule has 2 rings (SSSR count). The minimum atomic E-state index is -0.363. The van der Waals surface area contributed by atoms with Crippen LogP contribution in [-0.4, -0.2) is 22.5 Å². The van der Waals surface area contributed by atoms with Crippen LogP contribution in [0.15, 0.2) is 24.3 Å². The van der Waals surface area contributed by atoms with Crippen molar-refractivity contribution in [2.24, 2.45) is 0 Å². The first-order valence-electron chi connectivity index (χ1n) is 6.64. The number of hydrogen-bond donors (Lipinski definition) is 1. The van der Waals surface area contributed by atoms with Gasteiger partial charge < -0.3 is 5.32 Å². The summed E-state index contributed by atoms with van der Waals surface area (Å²) >= 11 is 1.97. The molecule has 1 aliphatic carbocycles. The normalized spacial score (nSPS) is 17.5. The van der Waals surface area contributed by atoms with Gasteiger partial charge >= 0.3 is 0 Å². The molecule has 1 saturated carbocycles. The maximum atomic E-state index is 10.6. The lowest BCUT2D eigenvalue weighted by Gasteiger charge is -2.27. The minimum absolute atomic E-state index is 0.153. The van der Waals surface area contributed by atoms with Gasteiger partial charge in [-0.1, -0.05) is 25.0 Å². The Morgan fingerprint density at radius 2 is 1.95 bits per heavy atom. The van der Waals surface area contributed by atoms with E-state index < -0.39 is 0 Å². The molecule has 19 heavy (non-hydrogen) atoms. The second kappa shape index (κ2) is 6.39. The summed E-state index contributed by atoms with van der Waals surface area (Å²) < 4.78 is 0.404. The van der Waals surface area contributed by atoms with Crippen LogP contribution in [-0.2, 0) is 6.54 Å². The molecule has 0 unspecified atom stereocenters. The third kappa shape index (κ3) is 3.70. The summed E-state index contributed by atoms with van der Waals surface area (Å²) in [5, 5.41) is 14.1. The highest BCUT2D eigenvalue weighted by Crippen LogP contribution is 2.39. The Hall–Kier alpha value is -1.07. The lowest BCUT2D eigenvalue weighted by atomic mass is 10.1. The molecule has 0 radical (unpaired) electrons. The van der Waals surface area contributed by atoms with E-state index >= 15 is 0 Å². The highest BCUT2D eigenvalue weighted by atomic mass is 32.2. The van der Waals surface area contributed by atoms with Gasteiger partial charge in [-0.05, 0) is 24.7 Å². The van der Waals surface area contributed by atoms with Gasteiger partial charge in [-0.25, -0.2) is 0 Å². The number of nitrogens with zero attached hydrogens (tertiary/aromatic N) is 1. The van der Waals surface area contributed by atoms with Gasteiger partial charge in [0.2, 0.25) is 0 Å². The fourth-order valence-corrected chi connectivity index (χ4v) is 3.59. The van der Waals surface area contributed by atoms with Crippen LogP contribution in [0.3, 0.4) is 0 Å². The standard InChI is InChI=1S/C14H20N2O2S/c1-19-14(8-2-3-9-14)11-15-10-12-4-6-13(7-5-12)16(17)18/h4-7,15H,2-3,8-11H2,1H3. The summed E-state index contributed by atoms with van der Waals surface area (Å²) in [6.07, 6.45) is 7.45. The lowest BCUT2D eigenvalue weighted by Crippen LogP contribution is -2.34. The van der Waals surface area contributed by atoms with Crippen LogP contribution < -0.4 is 5.32 Å². The first-order valence-corrected chi connectivity index (χ1v) is 7.87. The van der Waals surface area contributed by atoms with Crippen molar-refractivity contribution in [3.63, 3.8) is 0 Å². The molecule has 0 atom stereocenters. The first kappa shape index (κ1) is 14.3. The minimum Gasteiger partial charge on any atom is -0.311 e. The molecule has 0 bridgehead atoms. The quantitative estimate of drug-likeness (QED) is 0.641. The molecule has 0 aromatic heterocycles. The van der Waals surface area contributed by atoms with Gasteiger partial charge in [0, 0.05) is 30.0 Å². The number of rotatable bonds is 6. The molecular formula is C14H20N2O2S. The van der Waals surface area contributed by atoms with Crippen LogP contribution in [0.4, 0.5) is 5.69 Å². The molecule has 0 aliphatic heterocycles. The Kier molecular flexibility index (Phi) is 4.82. The first-order chi connectivity index (χ1) is 9.15. The Bertz CT molecular complexity index is 428. The Morgan fingerprint density at radius 1 is 1.32 bits per heavy atom. The van der Waals surface area contributed by atoms with Crippen molar-refractivity contribution in [1.29, 1.82) is 0 Å². The average molecular weight is 280 g/mol. The molecule has 5 heteroatoms. The van der Waals surface area contributed by atoms with Gasteiger partial charge in [0.1, 0.15) is 0 Å². The number of hydrogen-bond acceptors (Lipinski definition) is 4. The molecule has 0 spiro atoms. The topological polar surface area (TPSA) is 55.2 Å². The highest BCUT2D eigenvalue weighted by Gasteiger charge is 2.32. The summed E-state index contributed by atoms with van der Waals surface area (Å²) in [7, 11) is 0. The average Bonchev–Trinajstić information content (AvgIpc) is 2.89. The van der Waals surface area contributed by atoms with E-state index in [9.17, 15) is 10.1 Å². The molecule has 1 aliphatic rings. The molecular weight excluding hydrogens is 260 g/mol. The number of nitro benzene ring substituents is 1. The van der Waals surface area contributed by atoms with E-state index in [1.807, 2.05) is 23.9 Å². The number of benzene rings is 1. The SMILES string of the molecule is CSC1(CNCc2ccc([N+](=O)[O-])cc2)CCCC1. The Labute approximate surface area is 118 Å². The summed E-state index contributed by atoms with van der Waals surface area (Å²) in [4.78, 5) is 10.2. The zero-order valence-electron chi connectivity index (χ0n) is 11.2. The molecule has 1 aromatic rings. The maximum absolute atomic E-state index is 10.6. The van der Waals surface area contributed by atoms with Crippen molar-refractivity contribution in [3.8, 4) is 0 Å². The van der Waals surface area contributed by atoms with E-state index in [-0.39, 0.29) is 10.6 Å². The van der Waals surface area contributed by atoms with Gasteiger partial charge in [-0.3, -0.25) is 10.1 Å². The van der Waals surface area contributed by atoms with Crippen LogP contribution in [0, 0.1) is 10.1 Å². The summed E-state index contributed by atoms with van der Waals surface area (Å²) in [6, 6.07) is 6.78. The number of nitro groups is 1. The zero-order valence-corrected chi connectivity index (χ0v) is 12.0. The molecule has 0 heterocycles. The van der Waals surface area contributed by atoms with E-state index in [0.717, 1.165) is 18.7 Å². The lowest BCUT2D eigenvalue weighted by molar-refractivity contribution is -0.384. The number of thioether (sulfide) groups is 1. The Balaban J connectivity index is 1.83. The van der Waals surface area contributed by atoms with Crippen molar-refractivity contribution < 1.29 is 4.92 Å². The second-order valence-corrected chi connectivity index (χ2v) is 6.40. The fraction of sp³-hybridized carbons (Fsp3) is 0.571. The van der Waals surface area contributed by atoms with Crippen molar-refractivity contribution in [3.05, 3.63) is 39.9 Å². The van der Waals surface area contributed by atoms with Gasteiger partial charge in [0.25, 0.3) is 5.69 Å². The van der Waals surface area contributed by atoms with Gasteiger partial charge in [-0.2, -0.15) is 11.8 Å². The molecule has 104 valence electrons. The summed E-state index contributed by atoms with van der Waals surface area (Å²) in [6.45, 7) is 1.80. The summed E-state index contributed by atoms with van der Waals surface area (Å²) in [5.41, 5.74) is 1.25. The maximum Gasteiger partial charge on any atom is 0.269 e. The Morgan fingerprint density at radius 3 is 2.47 bits per heavy atom. The third-order valence-corrected chi connectivity index (χ3v) is 5.29. The van der Waals surface area contributed by atoms with Crippen LogP contribution in [0.25, 0.3) is 0 Å². The van der Waals surface area contributed by atoms with Crippen LogP contribution in [0.2, 0.25) is 0 Å². The number of nitrogens with one attached hydrogen (secondary N) is 1. The van der Waals surface area contributed by atoms with E-state index in [2.05, 4.69) is 11.6 Å². The molecule has 0 amide bonds. The smallest absolute Gasteiger partial charge is 0.269 e. The largest absolute Gasteiger partial charge is 0.311 e. The number of non-ortho nitro benzene ring substituents is 1. The monoisotopic (exact) mass is 280 g/mol. The van der Waals surface area contributed by atoms with Crippen LogP contribution in [0.1, 0.15) is 31.2 Å². The predicted molar refractivity (Wildman–Crippen MR) is 79.5 cm³/mol. The molecule has 1 N–H and O–H groups in total. The van der Waals surface area contributed by atoms with E-state index in [4.69, 9.17) is 0 Å². The molecule has 0 saturated heterocycles. The van der Waals surface area contributed by atoms with Gasteiger partial charge in [0.05, 0.1) is 4.92 Å². The van der Waals surface area contributed by atoms with E-state index in [1.165, 1.54) is 25.7 Å². The molecule has 1 aromatic carbocycles. The van der Waals surface area contributed by atoms with Crippen LogP contribution in [0.5, 0.6) is 0 Å². The van der Waals surface area contributed by atoms with Crippen molar-refractivity contribution >= 4 is 17.4 Å². The zero-order chi connectivity index (χ0) is 13.7. The predicted octanol–water partition coefficient (Wildman–Crippen LogP) is 3.36.